The SMILES string of the molecule is CNc1nc2ccccn2c1S(=O)(=O)NC(C)CCOC. The van der Waals surface area contributed by atoms with Gasteiger partial charge in [0, 0.05) is 33.0 Å². The molecule has 0 bridgehead atoms. The van der Waals surface area contributed by atoms with E-state index in [1.807, 2.05) is 6.07 Å². The van der Waals surface area contributed by atoms with Gasteiger partial charge in [-0.05, 0) is 25.5 Å². The average Bonchev–Trinajstić information content (AvgIpc) is 2.83. The number of pyridine rings is 1. The summed E-state index contributed by atoms with van der Waals surface area (Å²) in [5, 5.41) is 2.95. The summed E-state index contributed by atoms with van der Waals surface area (Å²) < 4.78 is 34.4. The van der Waals surface area contributed by atoms with Gasteiger partial charge >= 0.3 is 0 Å². The highest BCUT2D eigenvalue weighted by molar-refractivity contribution is 7.89. The topological polar surface area (TPSA) is 84.7 Å². The molecule has 2 heterocycles. The van der Waals surface area contributed by atoms with Gasteiger partial charge in [-0.2, -0.15) is 0 Å². The van der Waals surface area contributed by atoms with Crippen molar-refractivity contribution in [2.24, 2.45) is 0 Å². The van der Waals surface area contributed by atoms with Crippen LogP contribution in [0.2, 0.25) is 0 Å². The molecule has 0 aliphatic carbocycles. The van der Waals surface area contributed by atoms with Gasteiger partial charge in [-0.1, -0.05) is 6.07 Å². The molecule has 0 saturated heterocycles. The van der Waals surface area contributed by atoms with Gasteiger partial charge in [0.05, 0.1) is 0 Å². The number of fused-ring (bicyclic) bond motifs is 1. The van der Waals surface area contributed by atoms with Crippen LogP contribution in [-0.4, -0.2) is 44.6 Å². The molecule has 0 radical (unpaired) electrons. The second kappa shape index (κ2) is 6.42. The number of nitrogens with one attached hydrogen (secondary N) is 2. The van der Waals surface area contributed by atoms with Crippen LogP contribution < -0.4 is 10.0 Å². The van der Waals surface area contributed by atoms with E-state index >= 15 is 0 Å². The van der Waals surface area contributed by atoms with Gasteiger partial charge in [0.15, 0.2) is 10.8 Å². The number of ether oxygens (including phenoxy) is 1. The lowest BCUT2D eigenvalue weighted by atomic mass is 10.3. The molecule has 0 amide bonds. The molecule has 0 saturated carbocycles. The van der Waals surface area contributed by atoms with Gasteiger partial charge in [-0.15, -0.1) is 0 Å². The van der Waals surface area contributed by atoms with E-state index in [2.05, 4.69) is 15.0 Å². The molecule has 1 unspecified atom stereocenters. The third-order valence-electron chi connectivity index (χ3n) is 3.09. The van der Waals surface area contributed by atoms with Crippen LogP contribution in [-0.2, 0) is 14.8 Å². The summed E-state index contributed by atoms with van der Waals surface area (Å²) in [7, 11) is -0.447. The summed E-state index contributed by atoms with van der Waals surface area (Å²) in [6.45, 7) is 2.30. The van der Waals surface area contributed by atoms with E-state index in [-0.39, 0.29) is 11.1 Å². The summed E-state index contributed by atoms with van der Waals surface area (Å²) in [5.74, 6) is 0.327. The molecule has 2 aromatic rings. The molecular formula is C13H20N4O3S. The second-order valence-electron chi connectivity index (χ2n) is 4.75. The summed E-state index contributed by atoms with van der Waals surface area (Å²) >= 11 is 0. The Labute approximate surface area is 124 Å². The Bertz CT molecular complexity index is 711. The first-order valence-electron chi connectivity index (χ1n) is 6.65. The summed E-state index contributed by atoms with van der Waals surface area (Å²) in [6, 6.07) is 5.11. The third kappa shape index (κ3) is 3.34. The fraction of sp³-hybridized carbons (Fsp3) is 0.462. The number of nitrogens with zero attached hydrogens (tertiary/aromatic N) is 2. The maximum absolute atomic E-state index is 12.6. The highest BCUT2D eigenvalue weighted by atomic mass is 32.2. The number of methoxy groups -OCH3 is 1. The monoisotopic (exact) mass is 312 g/mol. The Morgan fingerprint density at radius 2 is 2.19 bits per heavy atom. The maximum Gasteiger partial charge on any atom is 0.260 e. The molecule has 0 aliphatic rings. The molecule has 0 aromatic carbocycles. The summed E-state index contributed by atoms with van der Waals surface area (Å²) in [4.78, 5) is 4.27. The van der Waals surface area contributed by atoms with E-state index in [1.54, 1.807) is 43.8 Å². The quantitative estimate of drug-likeness (QED) is 0.799. The Hall–Kier alpha value is -1.64. The van der Waals surface area contributed by atoms with E-state index in [9.17, 15) is 8.42 Å². The van der Waals surface area contributed by atoms with Crippen molar-refractivity contribution in [1.82, 2.24) is 14.1 Å². The molecule has 0 aliphatic heterocycles. The van der Waals surface area contributed by atoms with Crippen molar-refractivity contribution in [3.05, 3.63) is 24.4 Å². The number of aromatic nitrogens is 2. The normalized spacial score (nSPS) is 13.5. The molecule has 2 rings (SSSR count). The molecule has 116 valence electrons. The summed E-state index contributed by atoms with van der Waals surface area (Å²) in [5.41, 5.74) is 0.576. The van der Waals surface area contributed by atoms with E-state index in [0.29, 0.717) is 24.5 Å². The van der Waals surface area contributed by atoms with Crippen molar-refractivity contribution < 1.29 is 13.2 Å². The largest absolute Gasteiger partial charge is 0.385 e. The molecule has 2 N–H and O–H groups in total. The van der Waals surface area contributed by atoms with E-state index in [1.165, 1.54) is 0 Å². The van der Waals surface area contributed by atoms with Crippen LogP contribution in [0.15, 0.2) is 29.4 Å². The van der Waals surface area contributed by atoms with Crippen LogP contribution in [0.25, 0.3) is 5.65 Å². The molecule has 0 fully saturated rings. The zero-order valence-electron chi connectivity index (χ0n) is 12.3. The number of anilines is 1. The number of imidazole rings is 1. The van der Waals surface area contributed by atoms with Crippen molar-refractivity contribution in [1.29, 1.82) is 0 Å². The standard InChI is InChI=1S/C13H20N4O3S/c1-10(7-9-20-3)16-21(18,19)13-12(14-2)15-11-6-4-5-8-17(11)13/h4-6,8,10,14,16H,7,9H2,1-3H3. The van der Waals surface area contributed by atoms with Gasteiger partial charge in [-0.3, -0.25) is 4.40 Å². The molecular weight excluding hydrogens is 292 g/mol. The molecule has 0 spiro atoms. The van der Waals surface area contributed by atoms with Crippen LogP contribution in [0.3, 0.4) is 0 Å². The Balaban J connectivity index is 2.39. The van der Waals surface area contributed by atoms with Crippen LogP contribution in [0.5, 0.6) is 0 Å². The van der Waals surface area contributed by atoms with Gasteiger partial charge < -0.3 is 10.1 Å². The second-order valence-corrected chi connectivity index (χ2v) is 6.38. The van der Waals surface area contributed by atoms with E-state index < -0.39 is 10.0 Å². The lowest BCUT2D eigenvalue weighted by Gasteiger charge is -2.14. The van der Waals surface area contributed by atoms with Crippen LogP contribution in [0, 0.1) is 0 Å². The van der Waals surface area contributed by atoms with Gasteiger partial charge in [0.1, 0.15) is 5.65 Å². The van der Waals surface area contributed by atoms with Crippen molar-refractivity contribution in [3.8, 4) is 0 Å². The molecule has 2 aromatic heterocycles. The van der Waals surface area contributed by atoms with Gasteiger partial charge in [-0.25, -0.2) is 18.1 Å². The zero-order valence-corrected chi connectivity index (χ0v) is 13.1. The van der Waals surface area contributed by atoms with Crippen LogP contribution >= 0.6 is 0 Å². The van der Waals surface area contributed by atoms with Crippen molar-refractivity contribution >= 4 is 21.5 Å². The first-order chi connectivity index (χ1) is 9.99. The van der Waals surface area contributed by atoms with Gasteiger partial charge in [0.2, 0.25) is 0 Å². The van der Waals surface area contributed by atoms with Crippen LogP contribution in [0.1, 0.15) is 13.3 Å². The number of hydrogen-bond acceptors (Lipinski definition) is 5. The third-order valence-corrected chi connectivity index (χ3v) is 4.70. The lowest BCUT2D eigenvalue weighted by molar-refractivity contribution is 0.188. The van der Waals surface area contributed by atoms with Gasteiger partial charge in [0.25, 0.3) is 10.0 Å². The smallest absolute Gasteiger partial charge is 0.260 e. The Morgan fingerprint density at radius 1 is 1.43 bits per heavy atom. The predicted octanol–water partition coefficient (Wildman–Crippen LogP) is 1.08. The average molecular weight is 312 g/mol. The Kier molecular flexibility index (Phi) is 4.81. The van der Waals surface area contributed by atoms with E-state index in [4.69, 9.17) is 4.74 Å². The highest BCUT2D eigenvalue weighted by Gasteiger charge is 2.26. The fourth-order valence-electron chi connectivity index (χ4n) is 2.07. The molecule has 1 atom stereocenters. The van der Waals surface area contributed by atoms with E-state index in [0.717, 1.165) is 0 Å². The molecule has 21 heavy (non-hydrogen) atoms. The Morgan fingerprint density at radius 3 is 2.86 bits per heavy atom. The fourth-order valence-corrected chi connectivity index (χ4v) is 3.64. The van der Waals surface area contributed by atoms with Crippen molar-refractivity contribution in [2.45, 2.75) is 24.4 Å². The van der Waals surface area contributed by atoms with Crippen molar-refractivity contribution in [3.63, 3.8) is 0 Å². The first-order valence-corrected chi connectivity index (χ1v) is 8.14. The first kappa shape index (κ1) is 15.7. The minimum atomic E-state index is -3.68. The molecule has 7 nitrogen and oxygen atoms in total. The van der Waals surface area contributed by atoms with Crippen molar-refractivity contribution in [2.75, 3.05) is 26.1 Å². The zero-order chi connectivity index (χ0) is 15.5. The predicted molar refractivity (Wildman–Crippen MR) is 81.0 cm³/mol. The number of sulfonamides is 1. The number of rotatable bonds is 7. The summed E-state index contributed by atoms with van der Waals surface area (Å²) in [6.07, 6.45) is 2.28. The number of hydrogen-bond donors (Lipinski definition) is 2. The maximum atomic E-state index is 12.6. The minimum Gasteiger partial charge on any atom is -0.385 e. The van der Waals surface area contributed by atoms with Crippen LogP contribution in [0.4, 0.5) is 5.82 Å². The highest BCUT2D eigenvalue weighted by Crippen LogP contribution is 2.22. The minimum absolute atomic E-state index is 0.116. The molecule has 8 heteroatoms. The lowest BCUT2D eigenvalue weighted by Crippen LogP contribution is -2.34.